The molecule has 4 rings (SSSR count). The molecule has 0 N–H and O–H groups in total. The molecule has 26 heavy (non-hydrogen) atoms. The lowest BCUT2D eigenvalue weighted by Crippen LogP contribution is -2.39. The minimum atomic E-state index is -0.272. The number of aryl methyl sites for hydroxylation is 1. The molecule has 1 unspecified atom stereocenters. The summed E-state index contributed by atoms with van der Waals surface area (Å²) in [5.74, 6) is 0. The molecule has 134 valence electrons. The largest absolute Gasteiger partial charge is 0.445 e. The summed E-state index contributed by atoms with van der Waals surface area (Å²) in [4.78, 5) is 19.3. The second kappa shape index (κ2) is 7.15. The molecule has 6 nitrogen and oxygen atoms in total. The Kier molecular flexibility index (Phi) is 4.56. The topological polar surface area (TPSA) is 59.7 Å². The molecular weight excluding hydrogens is 328 g/mol. The van der Waals surface area contributed by atoms with Crippen molar-refractivity contribution < 1.29 is 9.53 Å². The first-order chi connectivity index (χ1) is 12.7. The molecule has 1 fully saturated rings. The molecule has 1 aliphatic heterocycles. The number of piperidine rings is 1. The van der Waals surface area contributed by atoms with Crippen molar-refractivity contribution in [2.24, 2.45) is 0 Å². The minimum Gasteiger partial charge on any atom is -0.445 e. The predicted molar refractivity (Wildman–Crippen MR) is 97.6 cm³/mol. The Bertz CT molecular complexity index is 907. The van der Waals surface area contributed by atoms with E-state index < -0.39 is 0 Å². The Morgan fingerprint density at radius 3 is 2.92 bits per heavy atom. The molecule has 1 aromatic carbocycles. The van der Waals surface area contributed by atoms with Gasteiger partial charge in [-0.25, -0.2) is 14.3 Å². The summed E-state index contributed by atoms with van der Waals surface area (Å²) >= 11 is 0. The van der Waals surface area contributed by atoms with Crippen molar-refractivity contribution in [3.8, 4) is 0 Å². The van der Waals surface area contributed by atoms with Crippen LogP contribution in [0, 0.1) is 6.92 Å². The van der Waals surface area contributed by atoms with E-state index in [2.05, 4.69) is 5.10 Å². The van der Waals surface area contributed by atoms with Crippen LogP contribution in [-0.2, 0) is 11.3 Å². The first-order valence-electron chi connectivity index (χ1n) is 9.01. The summed E-state index contributed by atoms with van der Waals surface area (Å²) < 4.78 is 7.37. The minimum absolute atomic E-state index is 0.0503. The van der Waals surface area contributed by atoms with E-state index in [1.54, 1.807) is 6.20 Å². The van der Waals surface area contributed by atoms with Gasteiger partial charge in [-0.1, -0.05) is 30.3 Å². The highest BCUT2D eigenvalue weighted by atomic mass is 16.6. The number of hydrogen-bond donors (Lipinski definition) is 0. The van der Waals surface area contributed by atoms with Crippen LogP contribution in [0.2, 0.25) is 0 Å². The highest BCUT2D eigenvalue weighted by molar-refractivity contribution is 5.68. The van der Waals surface area contributed by atoms with Crippen LogP contribution < -0.4 is 0 Å². The summed E-state index contributed by atoms with van der Waals surface area (Å²) in [5, 5.41) is 4.27. The van der Waals surface area contributed by atoms with Crippen molar-refractivity contribution in [1.29, 1.82) is 0 Å². The highest BCUT2D eigenvalue weighted by Crippen LogP contribution is 2.31. The van der Waals surface area contributed by atoms with Gasteiger partial charge in [0.2, 0.25) is 0 Å². The predicted octanol–water partition coefficient (Wildman–Crippen LogP) is 3.90. The van der Waals surface area contributed by atoms with E-state index in [9.17, 15) is 4.79 Å². The van der Waals surface area contributed by atoms with Crippen LogP contribution in [0.4, 0.5) is 4.79 Å². The first-order valence-corrected chi connectivity index (χ1v) is 9.01. The third-order valence-electron chi connectivity index (χ3n) is 4.84. The van der Waals surface area contributed by atoms with E-state index in [1.165, 1.54) is 0 Å². The quantitative estimate of drug-likeness (QED) is 0.719. The van der Waals surface area contributed by atoms with Gasteiger partial charge >= 0.3 is 6.09 Å². The summed E-state index contributed by atoms with van der Waals surface area (Å²) in [6.07, 6.45) is 4.44. The maximum Gasteiger partial charge on any atom is 0.410 e. The maximum absolute atomic E-state index is 12.7. The van der Waals surface area contributed by atoms with Crippen LogP contribution >= 0.6 is 0 Å². The third kappa shape index (κ3) is 3.27. The molecule has 0 radical (unpaired) electrons. The van der Waals surface area contributed by atoms with Gasteiger partial charge in [-0.2, -0.15) is 5.10 Å². The van der Waals surface area contributed by atoms with E-state index >= 15 is 0 Å². The number of hydrogen-bond acceptors (Lipinski definition) is 4. The zero-order valence-corrected chi connectivity index (χ0v) is 14.8. The van der Waals surface area contributed by atoms with E-state index in [-0.39, 0.29) is 18.7 Å². The van der Waals surface area contributed by atoms with Gasteiger partial charge in [0.25, 0.3) is 0 Å². The fraction of sp³-hybridized carbons (Fsp3) is 0.350. The molecule has 1 amide bonds. The third-order valence-corrected chi connectivity index (χ3v) is 4.84. The van der Waals surface area contributed by atoms with E-state index in [1.807, 2.05) is 58.8 Å². The van der Waals surface area contributed by atoms with Gasteiger partial charge in [0.15, 0.2) is 5.65 Å². The zero-order valence-electron chi connectivity index (χ0n) is 14.8. The first kappa shape index (κ1) is 16.6. The Morgan fingerprint density at radius 2 is 2.08 bits per heavy atom. The van der Waals surface area contributed by atoms with Crippen LogP contribution in [0.5, 0.6) is 0 Å². The number of nitrogens with zero attached hydrogens (tertiary/aromatic N) is 4. The molecule has 3 aromatic rings. The fourth-order valence-corrected chi connectivity index (χ4v) is 3.52. The maximum atomic E-state index is 12.7. The standard InChI is InChI=1S/C20H22N4O2/c1-15-13-17(22-19-10-11-21-24(15)19)18-9-5-6-12-23(18)20(25)26-14-16-7-3-2-4-8-16/h2-4,7-8,10-11,13,18H,5-6,9,12,14H2,1H3. The zero-order chi connectivity index (χ0) is 17.9. The van der Waals surface area contributed by atoms with Gasteiger partial charge in [-0.3, -0.25) is 4.90 Å². The van der Waals surface area contributed by atoms with Crippen LogP contribution in [0.25, 0.3) is 5.65 Å². The number of aromatic nitrogens is 3. The van der Waals surface area contributed by atoms with Crippen molar-refractivity contribution in [3.05, 3.63) is 65.6 Å². The molecule has 1 atom stereocenters. The molecule has 1 aliphatic rings. The smallest absolute Gasteiger partial charge is 0.410 e. The lowest BCUT2D eigenvalue weighted by Gasteiger charge is -2.34. The van der Waals surface area contributed by atoms with Crippen molar-refractivity contribution >= 4 is 11.7 Å². The van der Waals surface area contributed by atoms with E-state index in [0.29, 0.717) is 6.54 Å². The average Bonchev–Trinajstić information content (AvgIpc) is 3.16. The van der Waals surface area contributed by atoms with Crippen LogP contribution in [0.1, 0.15) is 42.3 Å². The number of carbonyl (C=O) groups excluding carboxylic acids is 1. The summed E-state index contributed by atoms with van der Waals surface area (Å²) in [6.45, 7) is 2.99. The molecule has 1 saturated heterocycles. The summed E-state index contributed by atoms with van der Waals surface area (Å²) in [5.41, 5.74) is 3.72. The monoisotopic (exact) mass is 350 g/mol. The number of likely N-dealkylation sites (tertiary alicyclic amines) is 1. The van der Waals surface area contributed by atoms with Gasteiger partial charge in [-0.05, 0) is 37.8 Å². The van der Waals surface area contributed by atoms with Gasteiger partial charge in [0, 0.05) is 18.3 Å². The van der Waals surface area contributed by atoms with Gasteiger partial charge < -0.3 is 4.74 Å². The molecule has 0 spiro atoms. The Balaban J connectivity index is 1.54. The lowest BCUT2D eigenvalue weighted by molar-refractivity contribution is 0.0669. The van der Waals surface area contributed by atoms with Crippen molar-refractivity contribution in [1.82, 2.24) is 19.5 Å². The van der Waals surface area contributed by atoms with Crippen molar-refractivity contribution in [2.45, 2.75) is 38.8 Å². The van der Waals surface area contributed by atoms with Crippen LogP contribution in [-0.4, -0.2) is 32.1 Å². The van der Waals surface area contributed by atoms with Crippen molar-refractivity contribution in [2.75, 3.05) is 6.54 Å². The summed E-state index contributed by atoms with van der Waals surface area (Å²) in [6, 6.07) is 13.6. The molecular formula is C20H22N4O2. The van der Waals surface area contributed by atoms with Crippen molar-refractivity contribution in [3.63, 3.8) is 0 Å². The number of rotatable bonds is 3. The van der Waals surface area contributed by atoms with Gasteiger partial charge in [-0.15, -0.1) is 0 Å². The normalized spacial score (nSPS) is 17.4. The number of ether oxygens (including phenoxy) is 1. The summed E-state index contributed by atoms with van der Waals surface area (Å²) in [7, 11) is 0. The second-order valence-electron chi connectivity index (χ2n) is 6.67. The lowest BCUT2D eigenvalue weighted by atomic mass is 9.99. The van der Waals surface area contributed by atoms with Crippen LogP contribution in [0.3, 0.4) is 0 Å². The SMILES string of the molecule is Cc1cc(C2CCCCN2C(=O)OCc2ccccc2)nc2ccnn12. The Labute approximate surface area is 152 Å². The molecule has 0 bridgehead atoms. The molecule has 2 aromatic heterocycles. The number of amides is 1. The Morgan fingerprint density at radius 1 is 1.23 bits per heavy atom. The number of carbonyl (C=O) groups is 1. The number of benzene rings is 1. The molecule has 0 saturated carbocycles. The highest BCUT2D eigenvalue weighted by Gasteiger charge is 2.30. The second-order valence-corrected chi connectivity index (χ2v) is 6.67. The van der Waals surface area contributed by atoms with E-state index in [0.717, 1.165) is 41.9 Å². The Hall–Kier alpha value is -2.89. The van der Waals surface area contributed by atoms with Gasteiger partial charge in [0.1, 0.15) is 6.61 Å². The molecule has 0 aliphatic carbocycles. The van der Waals surface area contributed by atoms with E-state index in [4.69, 9.17) is 9.72 Å². The van der Waals surface area contributed by atoms with Crippen LogP contribution in [0.15, 0.2) is 48.7 Å². The molecule has 3 heterocycles. The average molecular weight is 350 g/mol. The van der Waals surface area contributed by atoms with Gasteiger partial charge in [0.05, 0.1) is 17.9 Å². The number of fused-ring (bicyclic) bond motifs is 1. The molecule has 6 heteroatoms. The fourth-order valence-electron chi connectivity index (χ4n) is 3.52.